The summed E-state index contributed by atoms with van der Waals surface area (Å²) in [5, 5.41) is 3.00. The second-order valence-electron chi connectivity index (χ2n) is 6.00. The summed E-state index contributed by atoms with van der Waals surface area (Å²) in [6.07, 6.45) is -2.07. The Bertz CT molecular complexity index is 782. The van der Waals surface area contributed by atoms with Crippen LogP contribution < -0.4 is 5.32 Å². The molecule has 2 aromatic rings. The number of carbonyl (C=O) groups is 1. The molecule has 138 valence electrons. The van der Waals surface area contributed by atoms with Crippen molar-refractivity contribution in [1.29, 1.82) is 0 Å². The van der Waals surface area contributed by atoms with Crippen LogP contribution in [0.2, 0.25) is 0 Å². The second kappa shape index (κ2) is 7.27. The molecule has 1 saturated heterocycles. The zero-order chi connectivity index (χ0) is 18.7. The molecule has 6 nitrogen and oxygen atoms in total. The summed E-state index contributed by atoms with van der Waals surface area (Å²) in [5.74, 6) is 0.00771. The van der Waals surface area contributed by atoms with E-state index in [1.807, 2.05) is 0 Å². The molecule has 0 spiro atoms. The van der Waals surface area contributed by atoms with Crippen LogP contribution in [0.15, 0.2) is 30.5 Å². The number of carbonyl (C=O) groups excluding carboxylic acids is 1. The van der Waals surface area contributed by atoms with Crippen molar-refractivity contribution in [3.63, 3.8) is 0 Å². The fourth-order valence-electron chi connectivity index (χ4n) is 2.81. The number of amides is 1. The Morgan fingerprint density at radius 1 is 1.35 bits per heavy atom. The van der Waals surface area contributed by atoms with Crippen LogP contribution in [-0.2, 0) is 11.0 Å². The lowest BCUT2D eigenvalue weighted by molar-refractivity contribution is -0.141. The lowest BCUT2D eigenvalue weighted by atomic mass is 10.2. The summed E-state index contributed by atoms with van der Waals surface area (Å²) in [7, 11) is 0. The monoisotopic (exact) mass is 365 g/mol. The highest BCUT2D eigenvalue weighted by Crippen LogP contribution is 2.31. The third-order valence-corrected chi connectivity index (χ3v) is 4.11. The van der Waals surface area contributed by atoms with E-state index < -0.39 is 11.9 Å². The van der Waals surface area contributed by atoms with E-state index in [0.29, 0.717) is 25.9 Å². The lowest BCUT2D eigenvalue weighted by Gasteiger charge is -2.17. The van der Waals surface area contributed by atoms with Crippen LogP contribution in [0.25, 0.3) is 11.5 Å². The predicted molar refractivity (Wildman–Crippen MR) is 89.2 cm³/mol. The average Bonchev–Trinajstić information content (AvgIpc) is 3.09. The van der Waals surface area contributed by atoms with Gasteiger partial charge in [0.2, 0.25) is 5.91 Å². The largest absolute Gasteiger partial charge is 0.433 e. The van der Waals surface area contributed by atoms with E-state index in [0.717, 1.165) is 6.07 Å². The standard InChI is InChI=1S/C17H18F3N5O/c1-2-15(26)25-8-6-11(10-25)22-14-9-13(17(18,19)20)23-16(24-14)12-5-3-4-7-21-12/h3-5,7,9,11H,2,6,8,10H2,1H3,(H,22,23,24). The predicted octanol–water partition coefficient (Wildman–Crippen LogP) is 2.98. The van der Waals surface area contributed by atoms with Crippen LogP contribution >= 0.6 is 0 Å². The van der Waals surface area contributed by atoms with Crippen LogP contribution in [0.4, 0.5) is 19.0 Å². The third kappa shape index (κ3) is 4.09. The summed E-state index contributed by atoms with van der Waals surface area (Å²) in [6.45, 7) is 2.80. The number of rotatable bonds is 4. The summed E-state index contributed by atoms with van der Waals surface area (Å²) >= 11 is 0. The topological polar surface area (TPSA) is 71.0 Å². The van der Waals surface area contributed by atoms with Crippen molar-refractivity contribution in [2.45, 2.75) is 32.0 Å². The van der Waals surface area contributed by atoms with Gasteiger partial charge >= 0.3 is 6.18 Å². The normalized spacial score (nSPS) is 17.4. The van der Waals surface area contributed by atoms with Gasteiger partial charge in [0, 0.05) is 37.8 Å². The van der Waals surface area contributed by atoms with Gasteiger partial charge in [0.25, 0.3) is 0 Å². The van der Waals surface area contributed by atoms with Crippen LogP contribution in [0.1, 0.15) is 25.5 Å². The van der Waals surface area contributed by atoms with Gasteiger partial charge in [-0.05, 0) is 18.6 Å². The van der Waals surface area contributed by atoms with Gasteiger partial charge in [0.05, 0.1) is 0 Å². The van der Waals surface area contributed by atoms with Gasteiger partial charge in [-0.2, -0.15) is 13.2 Å². The first-order valence-corrected chi connectivity index (χ1v) is 8.29. The Labute approximate surface area is 148 Å². The van der Waals surface area contributed by atoms with Crippen molar-refractivity contribution in [3.8, 4) is 11.5 Å². The van der Waals surface area contributed by atoms with Gasteiger partial charge in [0.15, 0.2) is 11.5 Å². The number of hydrogen-bond acceptors (Lipinski definition) is 5. The molecule has 9 heteroatoms. The van der Waals surface area contributed by atoms with E-state index in [2.05, 4.69) is 20.3 Å². The number of nitrogens with zero attached hydrogens (tertiary/aromatic N) is 4. The van der Waals surface area contributed by atoms with E-state index in [4.69, 9.17) is 0 Å². The molecule has 0 aliphatic carbocycles. The van der Waals surface area contributed by atoms with Crippen molar-refractivity contribution in [3.05, 3.63) is 36.2 Å². The van der Waals surface area contributed by atoms with Crippen molar-refractivity contribution < 1.29 is 18.0 Å². The minimum absolute atomic E-state index is 0.0298. The number of anilines is 1. The fourth-order valence-corrected chi connectivity index (χ4v) is 2.81. The molecule has 3 rings (SSSR count). The molecule has 26 heavy (non-hydrogen) atoms. The molecule has 1 fully saturated rings. The highest BCUT2D eigenvalue weighted by Gasteiger charge is 2.34. The Hall–Kier alpha value is -2.71. The summed E-state index contributed by atoms with van der Waals surface area (Å²) < 4.78 is 39.6. The molecule has 0 aromatic carbocycles. The van der Waals surface area contributed by atoms with E-state index in [9.17, 15) is 18.0 Å². The number of aromatic nitrogens is 3. The zero-order valence-corrected chi connectivity index (χ0v) is 14.1. The molecular formula is C17H18F3N5O. The molecule has 1 unspecified atom stereocenters. The molecule has 1 aliphatic heterocycles. The maximum atomic E-state index is 13.2. The average molecular weight is 365 g/mol. The smallest absolute Gasteiger partial charge is 0.365 e. The van der Waals surface area contributed by atoms with Crippen molar-refractivity contribution in [2.75, 3.05) is 18.4 Å². The number of halogens is 3. The number of hydrogen-bond donors (Lipinski definition) is 1. The van der Waals surface area contributed by atoms with Crippen LogP contribution in [0, 0.1) is 0 Å². The number of pyridine rings is 1. The highest BCUT2D eigenvalue weighted by atomic mass is 19.4. The number of alkyl halides is 3. The summed E-state index contributed by atoms with van der Waals surface area (Å²) in [6, 6.07) is 5.60. The van der Waals surface area contributed by atoms with Crippen LogP contribution in [0.5, 0.6) is 0 Å². The zero-order valence-electron chi connectivity index (χ0n) is 14.1. The first-order chi connectivity index (χ1) is 12.4. The molecule has 1 aliphatic rings. The molecule has 1 amide bonds. The summed E-state index contributed by atoms with van der Waals surface area (Å²) in [4.78, 5) is 25.3. The van der Waals surface area contributed by atoms with Gasteiger partial charge < -0.3 is 10.2 Å². The summed E-state index contributed by atoms with van der Waals surface area (Å²) in [5.41, 5.74) is -0.772. The Balaban J connectivity index is 1.86. The van der Waals surface area contributed by atoms with Crippen molar-refractivity contribution in [2.24, 2.45) is 0 Å². The molecule has 1 atom stereocenters. The molecule has 1 N–H and O–H groups in total. The molecule has 0 bridgehead atoms. The lowest BCUT2D eigenvalue weighted by Crippen LogP contribution is -2.31. The Morgan fingerprint density at radius 2 is 2.15 bits per heavy atom. The number of likely N-dealkylation sites (tertiary alicyclic amines) is 1. The van der Waals surface area contributed by atoms with Crippen molar-refractivity contribution in [1.82, 2.24) is 19.9 Å². The highest BCUT2D eigenvalue weighted by molar-refractivity contribution is 5.76. The molecule has 0 saturated carbocycles. The molecule has 0 radical (unpaired) electrons. The minimum Gasteiger partial charge on any atom is -0.365 e. The Morgan fingerprint density at radius 3 is 2.81 bits per heavy atom. The molecule has 3 heterocycles. The Kier molecular flexibility index (Phi) is 5.06. The van der Waals surface area contributed by atoms with Gasteiger partial charge in [-0.25, -0.2) is 9.97 Å². The van der Waals surface area contributed by atoms with E-state index in [1.54, 1.807) is 30.0 Å². The maximum absolute atomic E-state index is 13.2. The maximum Gasteiger partial charge on any atom is 0.433 e. The SMILES string of the molecule is CCC(=O)N1CCC(Nc2cc(C(F)(F)F)nc(-c3ccccn3)n2)C1. The molecule has 2 aromatic heterocycles. The van der Waals surface area contributed by atoms with Crippen LogP contribution in [-0.4, -0.2) is 44.9 Å². The van der Waals surface area contributed by atoms with Gasteiger partial charge in [-0.1, -0.05) is 13.0 Å². The minimum atomic E-state index is -4.59. The van der Waals surface area contributed by atoms with Gasteiger partial charge in [-0.3, -0.25) is 9.78 Å². The van der Waals surface area contributed by atoms with E-state index in [1.165, 1.54) is 6.20 Å². The van der Waals surface area contributed by atoms with E-state index in [-0.39, 0.29) is 29.3 Å². The fraction of sp³-hybridized carbons (Fsp3) is 0.412. The van der Waals surface area contributed by atoms with E-state index >= 15 is 0 Å². The van der Waals surface area contributed by atoms with Crippen LogP contribution in [0.3, 0.4) is 0 Å². The third-order valence-electron chi connectivity index (χ3n) is 4.11. The quantitative estimate of drug-likeness (QED) is 0.902. The first kappa shape index (κ1) is 18.1. The second-order valence-corrected chi connectivity index (χ2v) is 6.00. The molecular weight excluding hydrogens is 347 g/mol. The number of nitrogens with one attached hydrogen (secondary N) is 1. The van der Waals surface area contributed by atoms with Gasteiger partial charge in [0.1, 0.15) is 11.5 Å². The first-order valence-electron chi connectivity index (χ1n) is 8.29. The van der Waals surface area contributed by atoms with Crippen molar-refractivity contribution >= 4 is 11.7 Å². The van der Waals surface area contributed by atoms with Gasteiger partial charge in [-0.15, -0.1) is 0 Å².